The maximum atomic E-state index is 10.8. The summed E-state index contributed by atoms with van der Waals surface area (Å²) in [6.07, 6.45) is 3.47. The van der Waals surface area contributed by atoms with E-state index < -0.39 is 5.60 Å². The number of fused-ring (bicyclic) bond motifs is 3. The van der Waals surface area contributed by atoms with Gasteiger partial charge < -0.3 is 14.7 Å². The molecule has 3 heterocycles. The first-order chi connectivity index (χ1) is 11.2. The van der Waals surface area contributed by atoms with E-state index in [2.05, 4.69) is 18.8 Å². The standard InChI is InChI=1S/C17H22N2O2.CH3B/c18-9-1-2-14-3-5-16(6-4-14)21-13-17(20)12-19-10-7-15(17)8-11-19;1-2/h3-6,15,20H,1-2,7-8,10-13H2;1H3. The molecule has 4 nitrogen and oxygen atoms in total. The summed E-state index contributed by atoms with van der Waals surface area (Å²) in [7, 11) is 4.50. The number of piperidine rings is 3. The van der Waals surface area contributed by atoms with Gasteiger partial charge in [0.15, 0.2) is 0 Å². The smallest absolute Gasteiger partial charge is 0.119 e. The Balaban J connectivity index is 0.000000924. The molecule has 5 heteroatoms. The molecule has 1 atom stereocenters. The van der Waals surface area contributed by atoms with Crippen LogP contribution in [0.25, 0.3) is 0 Å². The van der Waals surface area contributed by atoms with Gasteiger partial charge in [0, 0.05) is 13.0 Å². The predicted octanol–water partition coefficient (Wildman–Crippen LogP) is 2.18. The van der Waals surface area contributed by atoms with E-state index in [-0.39, 0.29) is 0 Å². The third-order valence-electron chi connectivity index (χ3n) is 4.78. The van der Waals surface area contributed by atoms with Crippen molar-refractivity contribution < 1.29 is 9.84 Å². The van der Waals surface area contributed by atoms with E-state index in [1.165, 1.54) is 6.82 Å². The normalized spacial score (nSPS) is 28.4. The lowest BCUT2D eigenvalue weighted by molar-refractivity contribution is -0.131. The molecule has 3 fully saturated rings. The molecule has 122 valence electrons. The van der Waals surface area contributed by atoms with Gasteiger partial charge in [-0.2, -0.15) is 5.26 Å². The molecule has 1 aromatic rings. The molecule has 1 aromatic carbocycles. The van der Waals surface area contributed by atoms with Crippen molar-refractivity contribution in [3.63, 3.8) is 0 Å². The quantitative estimate of drug-likeness (QED) is 0.847. The number of nitriles is 1. The highest BCUT2D eigenvalue weighted by Gasteiger charge is 2.45. The molecule has 0 aliphatic carbocycles. The van der Waals surface area contributed by atoms with Gasteiger partial charge in [-0.15, -0.1) is 0 Å². The number of ether oxygens (including phenoxy) is 1. The van der Waals surface area contributed by atoms with Crippen molar-refractivity contribution in [2.75, 3.05) is 26.2 Å². The molecule has 0 aromatic heterocycles. The van der Waals surface area contributed by atoms with Gasteiger partial charge in [0.05, 0.1) is 13.9 Å². The molecule has 3 aliphatic rings. The van der Waals surface area contributed by atoms with Crippen molar-refractivity contribution in [1.82, 2.24) is 4.90 Å². The first kappa shape index (κ1) is 17.8. The summed E-state index contributed by atoms with van der Waals surface area (Å²) in [4.78, 5) is 2.33. The highest BCUT2D eigenvalue weighted by atomic mass is 16.5. The summed E-state index contributed by atoms with van der Waals surface area (Å²) in [6.45, 7) is 4.82. The van der Waals surface area contributed by atoms with E-state index in [1.807, 2.05) is 24.3 Å². The van der Waals surface area contributed by atoms with Gasteiger partial charge >= 0.3 is 0 Å². The highest BCUT2D eigenvalue weighted by Crippen LogP contribution is 2.36. The van der Waals surface area contributed by atoms with Crippen molar-refractivity contribution in [3.05, 3.63) is 29.8 Å². The van der Waals surface area contributed by atoms with E-state index in [0.717, 1.165) is 50.2 Å². The highest BCUT2D eigenvalue weighted by molar-refractivity contribution is 6.05. The lowest BCUT2D eigenvalue weighted by Crippen LogP contribution is -2.61. The maximum absolute atomic E-state index is 10.8. The number of benzene rings is 1. The molecular weight excluding hydrogens is 287 g/mol. The Morgan fingerprint density at radius 2 is 1.96 bits per heavy atom. The largest absolute Gasteiger partial charge is 0.491 e. The molecule has 4 rings (SSSR count). The van der Waals surface area contributed by atoms with E-state index in [9.17, 15) is 5.11 Å². The van der Waals surface area contributed by atoms with Crippen molar-refractivity contribution in [1.29, 1.82) is 5.26 Å². The molecule has 3 saturated heterocycles. The summed E-state index contributed by atoms with van der Waals surface area (Å²) >= 11 is 0. The van der Waals surface area contributed by atoms with Gasteiger partial charge in [-0.3, -0.25) is 0 Å². The zero-order valence-electron chi connectivity index (χ0n) is 13.9. The number of rotatable bonds is 5. The Hall–Kier alpha value is -1.51. The second-order valence-electron chi connectivity index (χ2n) is 6.24. The van der Waals surface area contributed by atoms with Crippen LogP contribution < -0.4 is 4.74 Å². The van der Waals surface area contributed by atoms with Crippen LogP contribution in [0.1, 0.15) is 24.8 Å². The Morgan fingerprint density at radius 3 is 2.48 bits per heavy atom. The van der Waals surface area contributed by atoms with E-state index in [1.54, 1.807) is 0 Å². The van der Waals surface area contributed by atoms with Gasteiger partial charge in [-0.05, 0) is 56.0 Å². The number of hydrogen-bond donors (Lipinski definition) is 1. The summed E-state index contributed by atoms with van der Waals surface area (Å²) in [5.74, 6) is 1.16. The van der Waals surface area contributed by atoms with Crippen LogP contribution in [0.2, 0.25) is 6.82 Å². The molecule has 1 unspecified atom stereocenters. The minimum Gasteiger partial charge on any atom is -0.491 e. The Morgan fingerprint density at radius 1 is 1.30 bits per heavy atom. The predicted molar refractivity (Wildman–Crippen MR) is 91.6 cm³/mol. The second kappa shape index (κ2) is 8.38. The van der Waals surface area contributed by atoms with Gasteiger partial charge in [0.1, 0.15) is 18.0 Å². The molecule has 23 heavy (non-hydrogen) atoms. The van der Waals surface area contributed by atoms with Crippen LogP contribution in [0.15, 0.2) is 24.3 Å². The maximum Gasteiger partial charge on any atom is 0.119 e. The van der Waals surface area contributed by atoms with Crippen LogP contribution in [-0.2, 0) is 6.42 Å². The summed E-state index contributed by atoms with van der Waals surface area (Å²) in [5.41, 5.74) is 0.445. The zero-order chi connectivity index (χ0) is 16.7. The van der Waals surface area contributed by atoms with Gasteiger partial charge in [-0.25, -0.2) is 0 Å². The molecule has 0 amide bonds. The first-order valence-electron chi connectivity index (χ1n) is 8.31. The number of nitrogens with zero attached hydrogens (tertiary/aromatic N) is 2. The summed E-state index contributed by atoms with van der Waals surface area (Å²) in [6, 6.07) is 9.99. The number of hydrogen-bond acceptors (Lipinski definition) is 4. The Bertz CT molecular complexity index is 521. The summed E-state index contributed by atoms with van der Waals surface area (Å²) in [5, 5.41) is 19.4. The molecule has 0 spiro atoms. The van der Waals surface area contributed by atoms with Gasteiger partial charge in [0.2, 0.25) is 0 Å². The van der Waals surface area contributed by atoms with Crippen LogP contribution in [0.5, 0.6) is 5.75 Å². The molecule has 2 bridgehead atoms. The first-order valence-corrected chi connectivity index (χ1v) is 8.31. The monoisotopic (exact) mass is 312 g/mol. The fourth-order valence-electron chi connectivity index (χ4n) is 3.47. The van der Waals surface area contributed by atoms with E-state index in [4.69, 9.17) is 10.00 Å². The van der Waals surface area contributed by atoms with E-state index in [0.29, 0.717) is 18.9 Å². The van der Waals surface area contributed by atoms with Crippen LogP contribution in [0.3, 0.4) is 0 Å². The average molecular weight is 312 g/mol. The average Bonchev–Trinajstić information content (AvgIpc) is 2.62. The molecule has 2 radical (unpaired) electrons. The Kier molecular flexibility index (Phi) is 6.50. The van der Waals surface area contributed by atoms with Crippen molar-refractivity contribution in [2.45, 2.75) is 38.1 Å². The lowest BCUT2D eigenvalue weighted by atomic mass is 9.76. The minimum absolute atomic E-state index is 0.367. The fourth-order valence-corrected chi connectivity index (χ4v) is 3.47. The molecule has 0 saturated carbocycles. The van der Waals surface area contributed by atoms with Crippen LogP contribution in [-0.4, -0.2) is 49.7 Å². The molecular formula is C18H25BN2O2. The Labute approximate surface area is 140 Å². The third kappa shape index (κ3) is 4.49. The third-order valence-corrected chi connectivity index (χ3v) is 4.78. The van der Waals surface area contributed by atoms with Crippen molar-refractivity contribution in [3.8, 4) is 11.8 Å². The minimum atomic E-state index is -0.698. The van der Waals surface area contributed by atoms with Crippen molar-refractivity contribution in [2.24, 2.45) is 5.92 Å². The van der Waals surface area contributed by atoms with Crippen molar-refractivity contribution >= 4 is 7.85 Å². The van der Waals surface area contributed by atoms with Gasteiger partial charge in [-0.1, -0.05) is 19.0 Å². The molecule has 3 aliphatic heterocycles. The second-order valence-corrected chi connectivity index (χ2v) is 6.24. The fraction of sp³-hybridized carbons (Fsp3) is 0.611. The topological polar surface area (TPSA) is 56.5 Å². The van der Waals surface area contributed by atoms with Gasteiger partial charge in [0.25, 0.3) is 0 Å². The lowest BCUT2D eigenvalue weighted by Gasteiger charge is -2.50. The number of aliphatic hydroxyl groups is 1. The molecule has 1 N–H and O–H groups in total. The summed E-state index contributed by atoms with van der Waals surface area (Å²) < 4.78 is 5.82. The van der Waals surface area contributed by atoms with Crippen LogP contribution in [0, 0.1) is 17.2 Å². The zero-order valence-corrected chi connectivity index (χ0v) is 13.9. The van der Waals surface area contributed by atoms with E-state index >= 15 is 0 Å². The SMILES string of the molecule is N#CCCc1ccc(OCC2(O)CN3CCC2CC3)cc1.[B]C. The van der Waals surface area contributed by atoms with Crippen LogP contribution in [0.4, 0.5) is 0 Å². The number of aryl methyl sites for hydroxylation is 1. The van der Waals surface area contributed by atoms with Crippen LogP contribution >= 0.6 is 0 Å².